The molecule has 3 N–H and O–H groups in total. The molecular weight excluding hydrogens is 349 g/mol. The predicted molar refractivity (Wildman–Crippen MR) is 84.3 cm³/mol. The highest BCUT2D eigenvalue weighted by molar-refractivity contribution is 6.32. The Morgan fingerprint density at radius 2 is 2.00 bits per heavy atom. The van der Waals surface area contributed by atoms with Crippen molar-refractivity contribution in [3.8, 4) is 11.5 Å². The smallest absolute Gasteiger partial charge is 0.415 e. The van der Waals surface area contributed by atoms with Gasteiger partial charge < -0.3 is 20.5 Å². The van der Waals surface area contributed by atoms with Crippen molar-refractivity contribution in [2.45, 2.75) is 25.6 Å². The highest BCUT2D eigenvalue weighted by Crippen LogP contribution is 2.34. The second-order valence-corrected chi connectivity index (χ2v) is 5.83. The summed E-state index contributed by atoms with van der Waals surface area (Å²) in [7, 11) is 1.46. The van der Waals surface area contributed by atoms with E-state index >= 15 is 0 Å². The van der Waals surface area contributed by atoms with E-state index in [1.165, 1.54) is 27.0 Å². The summed E-state index contributed by atoms with van der Waals surface area (Å²) in [5.41, 5.74) is 2.35. The molecule has 1 rings (SSSR count). The molecule has 24 heavy (non-hydrogen) atoms. The SMILES string of the molecule is COc1ccc(OCCNC(=O)C(N)(C(C)C)C(F)(F)F)cc1Cl. The lowest BCUT2D eigenvalue weighted by molar-refractivity contribution is -0.200. The van der Waals surface area contributed by atoms with Crippen LogP contribution in [0, 0.1) is 5.92 Å². The van der Waals surface area contributed by atoms with Crippen LogP contribution in [0.4, 0.5) is 13.2 Å². The number of amides is 1. The van der Waals surface area contributed by atoms with E-state index in [2.05, 4.69) is 5.32 Å². The fourth-order valence-electron chi connectivity index (χ4n) is 1.93. The number of ether oxygens (including phenoxy) is 2. The number of carbonyl (C=O) groups is 1. The molecule has 0 bridgehead atoms. The first-order valence-corrected chi connectivity index (χ1v) is 7.52. The van der Waals surface area contributed by atoms with E-state index in [-0.39, 0.29) is 13.2 Å². The second kappa shape index (κ2) is 7.94. The fraction of sp³-hybridized carbons (Fsp3) is 0.533. The summed E-state index contributed by atoms with van der Waals surface area (Å²) < 4.78 is 49.5. The second-order valence-electron chi connectivity index (χ2n) is 5.42. The van der Waals surface area contributed by atoms with Crippen molar-refractivity contribution < 1.29 is 27.4 Å². The standard InChI is InChI=1S/C15H20ClF3N2O3/c1-9(2)14(20,15(17,18)19)13(22)21-6-7-24-10-4-5-12(23-3)11(16)8-10/h4-5,8-9H,6-7,20H2,1-3H3,(H,21,22). The molecule has 1 amide bonds. The summed E-state index contributed by atoms with van der Waals surface area (Å²) in [5.74, 6) is -1.54. The number of nitrogens with two attached hydrogens (primary N) is 1. The van der Waals surface area contributed by atoms with E-state index in [1.807, 2.05) is 0 Å². The van der Waals surface area contributed by atoms with E-state index in [4.69, 9.17) is 26.8 Å². The lowest BCUT2D eigenvalue weighted by Gasteiger charge is -2.33. The number of rotatable bonds is 7. The average molecular weight is 369 g/mol. The molecule has 0 radical (unpaired) electrons. The molecule has 5 nitrogen and oxygen atoms in total. The Morgan fingerprint density at radius 3 is 2.46 bits per heavy atom. The maximum atomic E-state index is 13.1. The molecule has 0 spiro atoms. The molecule has 0 saturated carbocycles. The summed E-state index contributed by atoms with van der Waals surface area (Å²) in [6.07, 6.45) is -4.85. The lowest BCUT2D eigenvalue weighted by atomic mass is 9.85. The Balaban J connectivity index is 2.58. The normalized spacial score (nSPS) is 14.2. The molecule has 0 aliphatic carbocycles. The van der Waals surface area contributed by atoms with Gasteiger partial charge in [-0.05, 0) is 18.1 Å². The topological polar surface area (TPSA) is 73.6 Å². The van der Waals surface area contributed by atoms with Crippen LogP contribution in [-0.2, 0) is 4.79 Å². The van der Waals surface area contributed by atoms with E-state index < -0.39 is 23.5 Å². The first-order chi connectivity index (χ1) is 11.0. The summed E-state index contributed by atoms with van der Waals surface area (Å²) >= 11 is 5.92. The third kappa shape index (κ3) is 4.45. The molecule has 9 heteroatoms. The molecule has 0 aliphatic rings. The van der Waals surface area contributed by atoms with Gasteiger partial charge in [0.15, 0.2) is 5.54 Å². The number of benzene rings is 1. The zero-order valence-corrected chi connectivity index (χ0v) is 14.3. The molecular formula is C15H20ClF3N2O3. The van der Waals surface area contributed by atoms with Crippen LogP contribution >= 0.6 is 11.6 Å². The molecule has 0 aromatic heterocycles. The minimum atomic E-state index is -4.85. The van der Waals surface area contributed by atoms with Gasteiger partial charge in [0.2, 0.25) is 5.91 Å². The van der Waals surface area contributed by atoms with Crippen LogP contribution in [0.2, 0.25) is 5.02 Å². The Bertz CT molecular complexity index is 582. The number of hydrogen-bond donors (Lipinski definition) is 2. The average Bonchev–Trinajstić information content (AvgIpc) is 2.49. The number of halogens is 4. The molecule has 0 fully saturated rings. The van der Waals surface area contributed by atoms with Gasteiger partial charge in [0.1, 0.15) is 18.1 Å². The molecule has 0 aliphatic heterocycles. The third-order valence-corrected chi connectivity index (χ3v) is 3.83. The van der Waals surface area contributed by atoms with Crippen LogP contribution in [0.15, 0.2) is 18.2 Å². The number of methoxy groups -OCH3 is 1. The fourth-order valence-corrected chi connectivity index (χ4v) is 2.18. The van der Waals surface area contributed by atoms with Crippen molar-refractivity contribution in [1.29, 1.82) is 0 Å². The summed E-state index contributed by atoms with van der Waals surface area (Å²) in [6, 6.07) is 4.67. The van der Waals surface area contributed by atoms with Crippen LogP contribution in [0.5, 0.6) is 11.5 Å². The quantitative estimate of drug-likeness (QED) is 0.726. The van der Waals surface area contributed by atoms with Gasteiger partial charge in [0, 0.05) is 6.07 Å². The first-order valence-electron chi connectivity index (χ1n) is 7.14. The Kier molecular flexibility index (Phi) is 6.74. The maximum absolute atomic E-state index is 13.1. The summed E-state index contributed by atoms with van der Waals surface area (Å²) in [4.78, 5) is 11.9. The molecule has 1 aromatic carbocycles. The van der Waals surface area contributed by atoms with Gasteiger partial charge in [-0.1, -0.05) is 25.4 Å². The largest absolute Gasteiger partial charge is 0.495 e. The van der Waals surface area contributed by atoms with Gasteiger partial charge in [0.25, 0.3) is 0 Å². The molecule has 1 unspecified atom stereocenters. The lowest BCUT2D eigenvalue weighted by Crippen LogP contribution is -2.66. The molecule has 1 atom stereocenters. The van der Waals surface area contributed by atoms with Gasteiger partial charge in [-0.3, -0.25) is 4.79 Å². The van der Waals surface area contributed by atoms with Crippen molar-refractivity contribution >= 4 is 17.5 Å². The Hall–Kier alpha value is -1.67. The van der Waals surface area contributed by atoms with Crippen molar-refractivity contribution in [3.63, 3.8) is 0 Å². The highest BCUT2D eigenvalue weighted by atomic mass is 35.5. The van der Waals surface area contributed by atoms with Gasteiger partial charge in [-0.2, -0.15) is 13.2 Å². The monoisotopic (exact) mass is 368 g/mol. The van der Waals surface area contributed by atoms with Gasteiger partial charge >= 0.3 is 6.18 Å². The molecule has 136 valence electrons. The van der Waals surface area contributed by atoms with Crippen LogP contribution < -0.4 is 20.5 Å². The van der Waals surface area contributed by atoms with E-state index in [1.54, 1.807) is 12.1 Å². The maximum Gasteiger partial charge on any atom is 0.415 e. The van der Waals surface area contributed by atoms with E-state index in [0.717, 1.165) is 0 Å². The van der Waals surface area contributed by atoms with Gasteiger partial charge in [-0.25, -0.2) is 0 Å². The molecule has 1 aromatic rings. The van der Waals surface area contributed by atoms with Crippen LogP contribution in [0.3, 0.4) is 0 Å². The number of hydrogen-bond acceptors (Lipinski definition) is 4. The summed E-state index contributed by atoms with van der Waals surface area (Å²) in [6.45, 7) is 2.30. The Labute approximate surface area is 143 Å². The van der Waals surface area contributed by atoms with Crippen molar-refractivity contribution in [1.82, 2.24) is 5.32 Å². The third-order valence-electron chi connectivity index (χ3n) is 3.54. The van der Waals surface area contributed by atoms with Gasteiger partial charge in [-0.15, -0.1) is 0 Å². The van der Waals surface area contributed by atoms with E-state index in [0.29, 0.717) is 16.5 Å². The number of nitrogens with one attached hydrogen (secondary N) is 1. The van der Waals surface area contributed by atoms with Crippen LogP contribution in [-0.4, -0.2) is 37.9 Å². The summed E-state index contributed by atoms with van der Waals surface area (Å²) in [5, 5.41) is 2.48. The first kappa shape index (κ1) is 20.4. The van der Waals surface area contributed by atoms with Crippen molar-refractivity contribution in [2.75, 3.05) is 20.3 Å². The molecule has 0 saturated heterocycles. The number of carbonyl (C=O) groups excluding carboxylic acids is 1. The Morgan fingerprint density at radius 1 is 1.38 bits per heavy atom. The zero-order chi connectivity index (χ0) is 18.5. The molecule has 0 heterocycles. The van der Waals surface area contributed by atoms with Crippen LogP contribution in [0.1, 0.15) is 13.8 Å². The van der Waals surface area contributed by atoms with Crippen molar-refractivity contribution in [3.05, 3.63) is 23.2 Å². The van der Waals surface area contributed by atoms with E-state index in [9.17, 15) is 18.0 Å². The minimum absolute atomic E-state index is 0.0412. The zero-order valence-electron chi connectivity index (χ0n) is 13.5. The number of alkyl halides is 3. The van der Waals surface area contributed by atoms with Crippen molar-refractivity contribution in [2.24, 2.45) is 11.7 Å². The minimum Gasteiger partial charge on any atom is -0.495 e. The van der Waals surface area contributed by atoms with Crippen LogP contribution in [0.25, 0.3) is 0 Å². The van der Waals surface area contributed by atoms with Gasteiger partial charge in [0.05, 0.1) is 18.7 Å². The highest BCUT2D eigenvalue weighted by Gasteiger charge is 2.59. The predicted octanol–water partition coefficient (Wildman–Crippen LogP) is 2.76.